The average Bonchev–Trinajstić information content (AvgIpc) is 3.28. The molecule has 1 unspecified atom stereocenters. The standard InChI is InChI=1S/C28H36N2O.ClH/c1-21(31)28(20-29-16-8-9-17-29)26-13-7-6-12-25(26)27(2,3)19-30(28)24-15-14-22-10-4-5-11-23(22)18-24;/h6-7,12-15,18H,4-5,8-11,16-17,19-20H2,1-3H3;1H. The zero-order valence-electron chi connectivity index (χ0n) is 19.8. The van der Waals surface area contributed by atoms with Crippen LogP contribution in [0, 0.1) is 0 Å². The summed E-state index contributed by atoms with van der Waals surface area (Å²) in [6, 6.07) is 15.7. The number of likely N-dealkylation sites (tertiary alicyclic amines) is 1. The van der Waals surface area contributed by atoms with E-state index in [2.05, 4.69) is 66.1 Å². The lowest BCUT2D eigenvalue weighted by atomic mass is 9.68. The number of halogens is 1. The van der Waals surface area contributed by atoms with Crippen molar-refractivity contribution in [2.24, 2.45) is 0 Å². The Morgan fingerprint density at radius 2 is 1.56 bits per heavy atom. The lowest BCUT2D eigenvalue weighted by Gasteiger charge is -2.54. The third-order valence-electron chi connectivity index (χ3n) is 7.99. The van der Waals surface area contributed by atoms with Crippen molar-refractivity contribution in [1.82, 2.24) is 4.90 Å². The molecule has 4 heteroatoms. The predicted molar refractivity (Wildman–Crippen MR) is 135 cm³/mol. The summed E-state index contributed by atoms with van der Waals surface area (Å²) >= 11 is 0. The molecule has 0 spiro atoms. The second-order valence-electron chi connectivity index (χ2n) is 10.6. The van der Waals surface area contributed by atoms with Crippen molar-refractivity contribution in [3.8, 4) is 0 Å². The van der Waals surface area contributed by atoms with Gasteiger partial charge in [0.2, 0.25) is 0 Å². The number of carbonyl (C=O) groups excluding carboxylic acids is 1. The van der Waals surface area contributed by atoms with E-state index in [1.807, 2.05) is 6.92 Å². The zero-order valence-corrected chi connectivity index (χ0v) is 20.6. The third kappa shape index (κ3) is 3.78. The number of benzene rings is 2. The van der Waals surface area contributed by atoms with E-state index >= 15 is 0 Å². The molecule has 0 bridgehead atoms. The van der Waals surface area contributed by atoms with Crippen LogP contribution in [0.3, 0.4) is 0 Å². The van der Waals surface area contributed by atoms with Gasteiger partial charge in [0.15, 0.2) is 5.78 Å². The lowest BCUT2D eigenvalue weighted by Crippen LogP contribution is -2.63. The minimum Gasteiger partial charge on any atom is -0.353 e. The predicted octanol–water partition coefficient (Wildman–Crippen LogP) is 5.67. The number of nitrogens with zero attached hydrogens (tertiary/aromatic N) is 2. The largest absolute Gasteiger partial charge is 0.353 e. The summed E-state index contributed by atoms with van der Waals surface area (Å²) in [5.41, 5.74) is 6.11. The number of anilines is 1. The molecule has 5 rings (SSSR count). The van der Waals surface area contributed by atoms with Crippen LogP contribution >= 0.6 is 12.4 Å². The number of hydrogen-bond acceptors (Lipinski definition) is 3. The van der Waals surface area contributed by atoms with Crippen molar-refractivity contribution in [2.75, 3.05) is 31.1 Å². The number of hydrogen-bond donors (Lipinski definition) is 0. The fourth-order valence-corrected chi connectivity index (χ4v) is 6.32. The van der Waals surface area contributed by atoms with Crippen LogP contribution in [-0.4, -0.2) is 36.9 Å². The molecule has 1 fully saturated rings. The van der Waals surface area contributed by atoms with Gasteiger partial charge in [-0.3, -0.25) is 4.79 Å². The fraction of sp³-hybridized carbons (Fsp3) is 0.536. The first-order chi connectivity index (χ1) is 14.9. The number of fused-ring (bicyclic) bond motifs is 2. The number of carbonyl (C=O) groups is 1. The molecule has 0 saturated carbocycles. The highest BCUT2D eigenvalue weighted by atomic mass is 35.5. The van der Waals surface area contributed by atoms with Crippen LogP contribution in [0.15, 0.2) is 42.5 Å². The first kappa shape index (κ1) is 23.3. The van der Waals surface area contributed by atoms with Crippen molar-refractivity contribution < 1.29 is 4.79 Å². The number of rotatable bonds is 4. The van der Waals surface area contributed by atoms with E-state index in [0.717, 1.165) is 32.6 Å². The highest BCUT2D eigenvalue weighted by Gasteiger charge is 2.52. The molecule has 1 aliphatic carbocycles. The van der Waals surface area contributed by atoms with Crippen LogP contribution in [-0.2, 0) is 28.6 Å². The summed E-state index contributed by atoms with van der Waals surface area (Å²) in [4.78, 5) is 18.7. The van der Waals surface area contributed by atoms with Gasteiger partial charge in [-0.25, -0.2) is 0 Å². The molecular weight excluding hydrogens is 416 g/mol. The average molecular weight is 453 g/mol. The van der Waals surface area contributed by atoms with E-state index in [0.29, 0.717) is 0 Å². The Bertz CT molecular complexity index is 995. The van der Waals surface area contributed by atoms with Gasteiger partial charge < -0.3 is 9.80 Å². The van der Waals surface area contributed by atoms with Crippen LogP contribution in [0.4, 0.5) is 5.69 Å². The van der Waals surface area contributed by atoms with Crippen molar-refractivity contribution >= 4 is 23.9 Å². The molecule has 0 aromatic heterocycles. The van der Waals surface area contributed by atoms with Crippen molar-refractivity contribution in [3.05, 3.63) is 64.7 Å². The molecule has 1 saturated heterocycles. The van der Waals surface area contributed by atoms with Crippen LogP contribution in [0.2, 0.25) is 0 Å². The van der Waals surface area contributed by atoms with Gasteiger partial charge in [0.1, 0.15) is 5.54 Å². The van der Waals surface area contributed by atoms with E-state index in [4.69, 9.17) is 0 Å². The number of ketones is 1. The Morgan fingerprint density at radius 3 is 2.25 bits per heavy atom. The molecule has 2 aromatic rings. The van der Waals surface area contributed by atoms with E-state index < -0.39 is 5.54 Å². The Kier molecular flexibility index (Phi) is 6.44. The monoisotopic (exact) mass is 452 g/mol. The summed E-state index contributed by atoms with van der Waals surface area (Å²) in [7, 11) is 0. The van der Waals surface area contributed by atoms with Gasteiger partial charge in [-0.2, -0.15) is 0 Å². The second kappa shape index (κ2) is 8.83. The first-order valence-electron chi connectivity index (χ1n) is 12.1. The molecule has 3 aliphatic rings. The molecule has 1 atom stereocenters. The Hall–Kier alpha value is -1.84. The van der Waals surface area contributed by atoms with Crippen LogP contribution in [0.1, 0.15) is 68.7 Å². The summed E-state index contributed by atoms with van der Waals surface area (Å²) in [6.45, 7) is 10.3. The molecule has 0 amide bonds. The van der Waals surface area contributed by atoms with Gasteiger partial charge in [-0.05, 0) is 92.9 Å². The highest BCUT2D eigenvalue weighted by molar-refractivity contribution is 5.93. The number of Topliss-reactive ketones (excluding diaryl/α,β-unsaturated/α-hetero) is 1. The minimum absolute atomic E-state index is 0. The van der Waals surface area contributed by atoms with Crippen LogP contribution in [0.5, 0.6) is 0 Å². The van der Waals surface area contributed by atoms with Gasteiger partial charge in [-0.1, -0.05) is 44.2 Å². The van der Waals surface area contributed by atoms with Gasteiger partial charge in [0, 0.05) is 24.2 Å². The van der Waals surface area contributed by atoms with Gasteiger partial charge in [0.25, 0.3) is 0 Å². The maximum Gasteiger partial charge on any atom is 0.161 e. The normalized spacial score (nSPS) is 24.4. The first-order valence-corrected chi connectivity index (χ1v) is 12.1. The Morgan fingerprint density at radius 1 is 0.906 bits per heavy atom. The summed E-state index contributed by atoms with van der Waals surface area (Å²) in [5, 5.41) is 0. The summed E-state index contributed by atoms with van der Waals surface area (Å²) in [5.74, 6) is 0.264. The molecular formula is C28H37ClN2O. The van der Waals surface area contributed by atoms with E-state index in [9.17, 15) is 4.79 Å². The van der Waals surface area contributed by atoms with Gasteiger partial charge >= 0.3 is 0 Å². The molecule has 172 valence electrons. The topological polar surface area (TPSA) is 23.6 Å². The minimum atomic E-state index is -0.626. The molecule has 0 N–H and O–H groups in total. The summed E-state index contributed by atoms with van der Waals surface area (Å²) < 4.78 is 0. The smallest absolute Gasteiger partial charge is 0.161 e. The van der Waals surface area contributed by atoms with Crippen molar-refractivity contribution in [2.45, 2.75) is 70.3 Å². The quantitative estimate of drug-likeness (QED) is 0.597. The van der Waals surface area contributed by atoms with E-state index in [-0.39, 0.29) is 23.6 Å². The Balaban J connectivity index is 0.00000245. The maximum absolute atomic E-state index is 13.7. The molecule has 2 aromatic carbocycles. The highest BCUT2D eigenvalue weighted by Crippen LogP contribution is 2.47. The van der Waals surface area contributed by atoms with Crippen LogP contribution in [0.25, 0.3) is 0 Å². The molecule has 2 aliphatic heterocycles. The van der Waals surface area contributed by atoms with Gasteiger partial charge in [0.05, 0.1) is 0 Å². The van der Waals surface area contributed by atoms with E-state index in [1.165, 1.54) is 60.0 Å². The Labute approximate surface area is 199 Å². The van der Waals surface area contributed by atoms with Crippen molar-refractivity contribution in [1.29, 1.82) is 0 Å². The summed E-state index contributed by atoms with van der Waals surface area (Å²) in [6.07, 6.45) is 7.39. The molecule has 2 heterocycles. The molecule has 0 radical (unpaired) electrons. The fourth-order valence-electron chi connectivity index (χ4n) is 6.32. The molecule has 3 nitrogen and oxygen atoms in total. The second-order valence-corrected chi connectivity index (χ2v) is 10.6. The SMILES string of the molecule is CC(=O)C1(CN2CCCC2)c2ccccc2C(C)(C)CN1c1ccc2c(c1)CCCC2.Cl. The van der Waals surface area contributed by atoms with Crippen LogP contribution < -0.4 is 4.90 Å². The number of aryl methyl sites for hydroxylation is 2. The zero-order chi connectivity index (χ0) is 21.6. The van der Waals surface area contributed by atoms with E-state index in [1.54, 1.807) is 0 Å². The molecule has 32 heavy (non-hydrogen) atoms. The third-order valence-corrected chi connectivity index (χ3v) is 7.99. The van der Waals surface area contributed by atoms with Gasteiger partial charge in [-0.15, -0.1) is 12.4 Å². The maximum atomic E-state index is 13.7. The lowest BCUT2D eigenvalue weighted by molar-refractivity contribution is -0.123. The van der Waals surface area contributed by atoms with Crippen molar-refractivity contribution in [3.63, 3.8) is 0 Å².